The number of aryl methyl sites for hydroxylation is 1. The van der Waals surface area contributed by atoms with Crippen LogP contribution in [0.5, 0.6) is 0 Å². The van der Waals surface area contributed by atoms with Crippen molar-refractivity contribution in [1.82, 2.24) is 29.6 Å². The first-order valence-electron chi connectivity index (χ1n) is 14.4. The largest absolute Gasteiger partial charge is 0.382 e. The number of methoxy groups -OCH3 is 1. The molecule has 1 aliphatic heterocycles. The Balaban J connectivity index is 1.17. The highest BCUT2D eigenvalue weighted by Gasteiger charge is 2.29. The second-order valence-corrected chi connectivity index (χ2v) is 11.7. The molecule has 3 N–H and O–H groups in total. The van der Waals surface area contributed by atoms with Crippen LogP contribution in [0.15, 0.2) is 41.6 Å². The number of likely N-dealkylation sites (tertiary alicyclic amines) is 1. The summed E-state index contributed by atoms with van der Waals surface area (Å²) in [4.78, 5) is 26.8. The molecule has 1 saturated heterocycles. The van der Waals surface area contributed by atoms with E-state index in [4.69, 9.17) is 21.3 Å². The van der Waals surface area contributed by atoms with Crippen molar-refractivity contribution < 1.29 is 4.74 Å². The maximum absolute atomic E-state index is 12.9. The predicted molar refractivity (Wildman–Crippen MR) is 159 cm³/mol. The Bertz CT molecular complexity index is 1510. The summed E-state index contributed by atoms with van der Waals surface area (Å²) in [5.74, 6) is 1.11. The summed E-state index contributed by atoms with van der Waals surface area (Å²) in [5.41, 5.74) is 5.43. The second-order valence-electron chi connectivity index (χ2n) is 11.2. The monoisotopic (exact) mass is 563 g/mol. The Morgan fingerprint density at radius 3 is 2.67 bits per heavy atom. The first-order valence-corrected chi connectivity index (χ1v) is 14.8. The lowest BCUT2D eigenvalue weighted by atomic mass is 9.85. The summed E-state index contributed by atoms with van der Waals surface area (Å²) in [5, 5.41) is 8.19. The van der Waals surface area contributed by atoms with Crippen LogP contribution in [0.4, 0.5) is 5.69 Å². The minimum absolute atomic E-state index is 0.184. The number of hydrogen-bond acceptors (Lipinski definition) is 6. The number of ether oxygens (including phenoxy) is 1. The average molecular weight is 564 g/mol. The number of nitrogens with one attached hydrogen (secondary N) is 3. The normalized spacial score (nSPS) is 20.8. The number of H-pyrrole nitrogens is 2. The minimum atomic E-state index is -0.184. The molecule has 2 fully saturated rings. The lowest BCUT2D eigenvalue weighted by Crippen LogP contribution is -2.43. The number of hydrogen-bond donors (Lipinski definition) is 3. The molecule has 1 aliphatic carbocycles. The number of aromatic amines is 2. The number of piperidine rings is 1. The second kappa shape index (κ2) is 11.8. The van der Waals surface area contributed by atoms with Crippen LogP contribution in [0.1, 0.15) is 55.6 Å². The molecule has 1 aromatic carbocycles. The Labute approximate surface area is 239 Å². The van der Waals surface area contributed by atoms with E-state index < -0.39 is 0 Å². The maximum Gasteiger partial charge on any atom is 0.261 e. The first-order chi connectivity index (χ1) is 19.5. The van der Waals surface area contributed by atoms with Gasteiger partial charge in [-0.1, -0.05) is 17.7 Å². The minimum Gasteiger partial charge on any atom is -0.382 e. The van der Waals surface area contributed by atoms with Crippen molar-refractivity contribution in [2.45, 2.75) is 70.1 Å². The van der Waals surface area contributed by atoms with E-state index in [1.54, 1.807) is 23.3 Å². The molecule has 10 heteroatoms. The SMILES string of the molecule is COC1CCC(N2CCC(c3cc(C)c4nc(-c5c(NCCn6cc(Cl)cn6)cc[nH]c5=O)[nH]c4c3)CC2)CC1. The van der Waals surface area contributed by atoms with Gasteiger partial charge in [0.2, 0.25) is 0 Å². The predicted octanol–water partition coefficient (Wildman–Crippen LogP) is 5.33. The van der Waals surface area contributed by atoms with E-state index in [9.17, 15) is 4.79 Å². The zero-order valence-electron chi connectivity index (χ0n) is 23.3. The summed E-state index contributed by atoms with van der Waals surface area (Å²) in [6, 6.07) is 7.11. The molecule has 0 radical (unpaired) electrons. The highest BCUT2D eigenvalue weighted by Crippen LogP contribution is 2.35. The summed E-state index contributed by atoms with van der Waals surface area (Å²) in [6.45, 7) is 5.62. The molecule has 4 heterocycles. The quantitative estimate of drug-likeness (QED) is 0.268. The average Bonchev–Trinajstić information content (AvgIpc) is 3.59. The van der Waals surface area contributed by atoms with Gasteiger partial charge in [-0.2, -0.15) is 5.10 Å². The number of halogens is 1. The van der Waals surface area contributed by atoms with Crippen LogP contribution < -0.4 is 10.9 Å². The lowest BCUT2D eigenvalue weighted by Gasteiger charge is -2.40. The third-order valence-corrected chi connectivity index (χ3v) is 8.94. The van der Waals surface area contributed by atoms with Gasteiger partial charge in [0.1, 0.15) is 11.4 Å². The molecule has 212 valence electrons. The van der Waals surface area contributed by atoms with Gasteiger partial charge in [-0.05, 0) is 87.7 Å². The van der Waals surface area contributed by atoms with Gasteiger partial charge >= 0.3 is 0 Å². The fourth-order valence-electron chi connectivity index (χ4n) is 6.54. The number of fused-ring (bicyclic) bond motifs is 1. The molecule has 0 spiro atoms. The topological polar surface area (TPSA) is 104 Å². The molecule has 9 nitrogen and oxygen atoms in total. The molecule has 2 aliphatic rings. The molecular formula is C30H38ClN7O2. The van der Waals surface area contributed by atoms with E-state index >= 15 is 0 Å². The van der Waals surface area contributed by atoms with Crippen LogP contribution in [-0.2, 0) is 11.3 Å². The molecular weight excluding hydrogens is 526 g/mol. The molecule has 0 amide bonds. The van der Waals surface area contributed by atoms with Crippen LogP contribution in [0.3, 0.4) is 0 Å². The third kappa shape index (κ3) is 5.68. The Morgan fingerprint density at radius 2 is 1.95 bits per heavy atom. The number of anilines is 1. The van der Waals surface area contributed by atoms with Crippen LogP contribution in [-0.4, -0.2) is 68.5 Å². The summed E-state index contributed by atoms with van der Waals surface area (Å²) >= 11 is 5.97. The number of aromatic nitrogens is 5. The molecule has 40 heavy (non-hydrogen) atoms. The van der Waals surface area contributed by atoms with Crippen molar-refractivity contribution in [1.29, 1.82) is 0 Å². The standard InChI is InChI=1S/C30H38ClN7O2/c1-19-15-21(20-8-12-37(13-9-20)23-3-5-24(40-2)6-4-23)16-26-28(19)36-29(35-26)27-25(7-10-33-30(27)39)32-11-14-38-18-22(31)17-34-38/h7,10,15-18,20,23-24H,3-6,8-9,11-14H2,1-2H3,(H,35,36)(H2,32,33,39). The third-order valence-electron chi connectivity index (χ3n) is 8.75. The number of nitrogens with zero attached hydrogens (tertiary/aromatic N) is 4. The van der Waals surface area contributed by atoms with Crippen LogP contribution >= 0.6 is 11.6 Å². The summed E-state index contributed by atoms with van der Waals surface area (Å²) in [7, 11) is 1.84. The molecule has 6 rings (SSSR count). The molecule has 0 atom stereocenters. The van der Waals surface area contributed by atoms with Crippen molar-refractivity contribution in [3.8, 4) is 11.4 Å². The van der Waals surface area contributed by atoms with Crippen molar-refractivity contribution >= 4 is 28.3 Å². The Kier molecular flexibility index (Phi) is 7.96. The molecule has 4 aromatic rings. The summed E-state index contributed by atoms with van der Waals surface area (Å²) < 4.78 is 7.34. The highest BCUT2D eigenvalue weighted by molar-refractivity contribution is 6.30. The highest BCUT2D eigenvalue weighted by atomic mass is 35.5. The van der Waals surface area contributed by atoms with Gasteiger partial charge in [0.15, 0.2) is 0 Å². The van der Waals surface area contributed by atoms with Gasteiger partial charge in [0, 0.05) is 32.1 Å². The Hall–Kier alpha value is -3.14. The van der Waals surface area contributed by atoms with Crippen molar-refractivity contribution in [3.63, 3.8) is 0 Å². The molecule has 3 aromatic heterocycles. The number of rotatable bonds is 8. The van der Waals surface area contributed by atoms with E-state index in [-0.39, 0.29) is 5.56 Å². The van der Waals surface area contributed by atoms with Crippen molar-refractivity contribution in [2.75, 3.05) is 32.1 Å². The van der Waals surface area contributed by atoms with Gasteiger partial charge in [-0.15, -0.1) is 0 Å². The number of imidazole rings is 1. The zero-order chi connectivity index (χ0) is 27.6. The van der Waals surface area contributed by atoms with Gasteiger partial charge in [0.05, 0.1) is 40.6 Å². The molecule has 1 saturated carbocycles. The van der Waals surface area contributed by atoms with Gasteiger partial charge in [-0.25, -0.2) is 4.98 Å². The first kappa shape index (κ1) is 27.1. The fraction of sp³-hybridized carbons (Fsp3) is 0.500. The summed E-state index contributed by atoms with van der Waals surface area (Å²) in [6.07, 6.45) is 12.7. The smallest absolute Gasteiger partial charge is 0.261 e. The van der Waals surface area contributed by atoms with Gasteiger partial charge < -0.3 is 24.9 Å². The zero-order valence-corrected chi connectivity index (χ0v) is 24.0. The lowest BCUT2D eigenvalue weighted by molar-refractivity contribution is 0.0321. The van der Waals surface area contributed by atoms with E-state index in [1.807, 2.05) is 13.2 Å². The van der Waals surface area contributed by atoms with Crippen LogP contribution in [0.2, 0.25) is 5.02 Å². The fourth-order valence-corrected chi connectivity index (χ4v) is 6.70. The van der Waals surface area contributed by atoms with Crippen molar-refractivity contribution in [3.05, 3.63) is 63.3 Å². The van der Waals surface area contributed by atoms with Gasteiger partial charge in [-0.3, -0.25) is 9.48 Å². The maximum atomic E-state index is 12.9. The molecule has 0 unspecified atom stereocenters. The number of benzene rings is 1. The Morgan fingerprint density at radius 1 is 1.15 bits per heavy atom. The van der Waals surface area contributed by atoms with E-state index in [0.29, 0.717) is 47.6 Å². The van der Waals surface area contributed by atoms with Crippen molar-refractivity contribution in [2.24, 2.45) is 0 Å². The van der Waals surface area contributed by atoms with Crippen LogP contribution in [0, 0.1) is 6.92 Å². The van der Waals surface area contributed by atoms with E-state index in [1.165, 1.54) is 44.1 Å². The molecule has 0 bridgehead atoms. The van der Waals surface area contributed by atoms with Gasteiger partial charge in [0.25, 0.3) is 5.56 Å². The number of pyridine rings is 1. The van der Waals surface area contributed by atoms with E-state index in [2.05, 4.69) is 44.3 Å². The van der Waals surface area contributed by atoms with Crippen LogP contribution in [0.25, 0.3) is 22.4 Å². The van der Waals surface area contributed by atoms with E-state index in [0.717, 1.165) is 35.4 Å².